The van der Waals surface area contributed by atoms with Crippen molar-refractivity contribution in [3.05, 3.63) is 65.7 Å². The Labute approximate surface area is 142 Å². The minimum Gasteiger partial charge on any atom is -0.337 e. The van der Waals surface area contributed by atoms with Crippen molar-refractivity contribution in [2.24, 2.45) is 0 Å². The van der Waals surface area contributed by atoms with Crippen molar-refractivity contribution in [2.75, 3.05) is 23.7 Å². The summed E-state index contributed by atoms with van der Waals surface area (Å²) in [5.41, 5.74) is 2.23. The summed E-state index contributed by atoms with van der Waals surface area (Å²) < 4.78 is 25.3. The van der Waals surface area contributed by atoms with E-state index in [0.29, 0.717) is 30.8 Å². The van der Waals surface area contributed by atoms with Gasteiger partial charge >= 0.3 is 0 Å². The number of hydrogen-bond acceptors (Lipinski definition) is 3. The van der Waals surface area contributed by atoms with Crippen LogP contribution in [0.1, 0.15) is 22.3 Å². The van der Waals surface area contributed by atoms with Gasteiger partial charge in [0, 0.05) is 25.7 Å². The molecule has 0 radical (unpaired) electrons. The van der Waals surface area contributed by atoms with E-state index in [2.05, 4.69) is 0 Å². The molecule has 1 saturated heterocycles. The molecular formula is C18H20N2O3S. The monoisotopic (exact) mass is 344 g/mol. The molecule has 3 rings (SSSR count). The van der Waals surface area contributed by atoms with Crippen molar-refractivity contribution in [1.29, 1.82) is 0 Å². The van der Waals surface area contributed by atoms with Gasteiger partial charge in [0.05, 0.1) is 11.4 Å². The first-order chi connectivity index (χ1) is 11.5. The van der Waals surface area contributed by atoms with Gasteiger partial charge in [0.15, 0.2) is 0 Å². The lowest BCUT2D eigenvalue weighted by molar-refractivity contribution is 0.0785. The number of nitrogens with zero attached hydrogens (tertiary/aromatic N) is 2. The van der Waals surface area contributed by atoms with E-state index in [1.54, 1.807) is 36.2 Å². The second kappa shape index (κ2) is 6.65. The van der Waals surface area contributed by atoms with Gasteiger partial charge in [-0.15, -0.1) is 0 Å². The number of benzene rings is 2. The number of carbonyl (C=O) groups is 1. The number of carbonyl (C=O) groups excluding carboxylic acids is 1. The summed E-state index contributed by atoms with van der Waals surface area (Å²) in [6.45, 7) is 1.03. The van der Waals surface area contributed by atoms with Crippen molar-refractivity contribution in [3.8, 4) is 0 Å². The lowest BCUT2D eigenvalue weighted by Gasteiger charge is -2.19. The van der Waals surface area contributed by atoms with Gasteiger partial charge in [-0.25, -0.2) is 8.42 Å². The topological polar surface area (TPSA) is 57.7 Å². The van der Waals surface area contributed by atoms with E-state index in [1.807, 2.05) is 30.3 Å². The van der Waals surface area contributed by atoms with Crippen molar-refractivity contribution in [1.82, 2.24) is 4.90 Å². The summed E-state index contributed by atoms with van der Waals surface area (Å²) >= 11 is 0. The van der Waals surface area contributed by atoms with Gasteiger partial charge in [-0.1, -0.05) is 30.3 Å². The molecule has 6 heteroatoms. The third-order valence-corrected chi connectivity index (χ3v) is 5.98. The van der Waals surface area contributed by atoms with Gasteiger partial charge in [0.1, 0.15) is 0 Å². The average molecular weight is 344 g/mol. The van der Waals surface area contributed by atoms with E-state index in [1.165, 1.54) is 4.31 Å². The number of sulfonamides is 1. The summed E-state index contributed by atoms with van der Waals surface area (Å²) in [5.74, 6) is 0.0997. The zero-order valence-electron chi connectivity index (χ0n) is 13.6. The SMILES string of the molecule is CN(Cc1ccccc1)C(=O)c1ccc(N2CCCS2(=O)=O)cc1. The summed E-state index contributed by atoms with van der Waals surface area (Å²) in [4.78, 5) is 14.2. The Morgan fingerprint density at radius 1 is 1.08 bits per heavy atom. The fraction of sp³-hybridized carbons (Fsp3) is 0.278. The van der Waals surface area contributed by atoms with E-state index in [4.69, 9.17) is 0 Å². The highest BCUT2D eigenvalue weighted by Crippen LogP contribution is 2.24. The lowest BCUT2D eigenvalue weighted by Crippen LogP contribution is -2.27. The number of anilines is 1. The molecule has 0 aliphatic carbocycles. The number of hydrogen-bond donors (Lipinski definition) is 0. The quantitative estimate of drug-likeness (QED) is 0.856. The average Bonchev–Trinajstić information content (AvgIpc) is 2.94. The summed E-state index contributed by atoms with van der Waals surface area (Å²) in [5, 5.41) is 0. The predicted octanol–water partition coefficient (Wildman–Crippen LogP) is 2.50. The molecule has 0 unspecified atom stereocenters. The number of rotatable bonds is 4. The summed E-state index contributed by atoms with van der Waals surface area (Å²) in [7, 11) is -1.43. The first-order valence-corrected chi connectivity index (χ1v) is 9.48. The van der Waals surface area contributed by atoms with Gasteiger partial charge in [0.25, 0.3) is 5.91 Å². The summed E-state index contributed by atoms with van der Waals surface area (Å²) in [6.07, 6.45) is 0.642. The molecule has 2 aromatic carbocycles. The Morgan fingerprint density at radius 3 is 2.33 bits per heavy atom. The predicted molar refractivity (Wildman–Crippen MR) is 94.4 cm³/mol. The third kappa shape index (κ3) is 3.43. The second-order valence-corrected chi connectivity index (χ2v) is 7.95. The third-order valence-electron chi connectivity index (χ3n) is 4.11. The van der Waals surface area contributed by atoms with Crippen LogP contribution in [-0.4, -0.2) is 38.6 Å². The van der Waals surface area contributed by atoms with Crippen molar-refractivity contribution in [3.63, 3.8) is 0 Å². The van der Waals surface area contributed by atoms with Crippen LogP contribution in [0, 0.1) is 0 Å². The fourth-order valence-corrected chi connectivity index (χ4v) is 4.41. The molecule has 0 atom stereocenters. The molecule has 5 nitrogen and oxygen atoms in total. The maximum Gasteiger partial charge on any atom is 0.253 e. The Hall–Kier alpha value is -2.34. The standard InChI is InChI=1S/C18H20N2O3S/c1-19(14-15-6-3-2-4-7-15)18(21)16-8-10-17(11-9-16)20-12-5-13-24(20,22)23/h2-4,6-11H,5,12-14H2,1H3. The molecular weight excluding hydrogens is 324 g/mol. The van der Waals surface area contributed by atoms with Crippen LogP contribution in [-0.2, 0) is 16.6 Å². The van der Waals surface area contributed by atoms with Gasteiger partial charge in [0.2, 0.25) is 10.0 Å². The Kier molecular flexibility index (Phi) is 4.57. The molecule has 1 aliphatic heterocycles. The van der Waals surface area contributed by atoms with Crippen LogP contribution in [0.3, 0.4) is 0 Å². The highest BCUT2D eigenvalue weighted by atomic mass is 32.2. The lowest BCUT2D eigenvalue weighted by atomic mass is 10.1. The first kappa shape index (κ1) is 16.5. The van der Waals surface area contributed by atoms with E-state index in [9.17, 15) is 13.2 Å². The van der Waals surface area contributed by atoms with Crippen LogP contribution >= 0.6 is 0 Å². The van der Waals surface area contributed by atoms with Crippen molar-refractivity contribution in [2.45, 2.75) is 13.0 Å². The minimum atomic E-state index is -3.19. The zero-order valence-corrected chi connectivity index (χ0v) is 14.4. The molecule has 126 valence electrons. The number of amides is 1. The molecule has 0 N–H and O–H groups in total. The first-order valence-electron chi connectivity index (χ1n) is 7.87. The van der Waals surface area contributed by atoms with Crippen LogP contribution in [0.4, 0.5) is 5.69 Å². The minimum absolute atomic E-state index is 0.0883. The van der Waals surface area contributed by atoms with Crippen molar-refractivity contribution < 1.29 is 13.2 Å². The van der Waals surface area contributed by atoms with Gasteiger partial charge < -0.3 is 4.90 Å². The van der Waals surface area contributed by atoms with Crippen LogP contribution in [0.5, 0.6) is 0 Å². The van der Waals surface area contributed by atoms with Gasteiger partial charge in [-0.3, -0.25) is 9.10 Å². The van der Waals surface area contributed by atoms with E-state index in [0.717, 1.165) is 5.56 Å². The van der Waals surface area contributed by atoms with Gasteiger partial charge in [-0.2, -0.15) is 0 Å². The maximum atomic E-state index is 12.5. The molecule has 24 heavy (non-hydrogen) atoms. The normalized spacial score (nSPS) is 16.1. The Morgan fingerprint density at radius 2 is 1.75 bits per heavy atom. The molecule has 0 aromatic heterocycles. The van der Waals surface area contributed by atoms with E-state index in [-0.39, 0.29) is 11.7 Å². The zero-order chi connectivity index (χ0) is 17.2. The maximum absolute atomic E-state index is 12.5. The van der Waals surface area contributed by atoms with E-state index >= 15 is 0 Å². The molecule has 1 aliphatic rings. The van der Waals surface area contributed by atoms with Crippen LogP contribution in [0.25, 0.3) is 0 Å². The highest BCUT2D eigenvalue weighted by Gasteiger charge is 2.28. The molecule has 0 saturated carbocycles. The van der Waals surface area contributed by atoms with E-state index < -0.39 is 10.0 Å². The highest BCUT2D eigenvalue weighted by molar-refractivity contribution is 7.93. The van der Waals surface area contributed by atoms with Gasteiger partial charge in [-0.05, 0) is 36.2 Å². The largest absolute Gasteiger partial charge is 0.337 e. The molecule has 1 fully saturated rings. The Balaban J connectivity index is 1.72. The second-order valence-electron chi connectivity index (χ2n) is 5.94. The fourth-order valence-electron chi connectivity index (χ4n) is 2.85. The molecule has 0 spiro atoms. The Bertz CT molecular complexity index is 817. The van der Waals surface area contributed by atoms with Crippen LogP contribution < -0.4 is 4.31 Å². The van der Waals surface area contributed by atoms with Crippen LogP contribution in [0.2, 0.25) is 0 Å². The molecule has 1 amide bonds. The molecule has 0 bridgehead atoms. The van der Waals surface area contributed by atoms with Crippen molar-refractivity contribution >= 4 is 21.6 Å². The summed E-state index contributed by atoms with van der Waals surface area (Å²) in [6, 6.07) is 16.6. The van der Waals surface area contributed by atoms with Crippen LogP contribution in [0.15, 0.2) is 54.6 Å². The smallest absolute Gasteiger partial charge is 0.253 e. The molecule has 2 aromatic rings. The molecule has 1 heterocycles.